The summed E-state index contributed by atoms with van der Waals surface area (Å²) in [5.41, 5.74) is -0.813. The van der Waals surface area contributed by atoms with Gasteiger partial charge < -0.3 is 9.47 Å². The number of esters is 1. The van der Waals surface area contributed by atoms with Crippen LogP contribution in [-0.2, 0) is 20.4 Å². The van der Waals surface area contributed by atoms with E-state index in [9.17, 15) is 4.79 Å². The molecule has 0 saturated heterocycles. The van der Waals surface area contributed by atoms with Crippen LogP contribution in [0, 0.1) is 17.8 Å². The second kappa shape index (κ2) is 11.3. The highest BCUT2D eigenvalue weighted by Crippen LogP contribution is 2.32. The SMILES string of the molecule is CC(C)(C#CC1CCCC1)OC(=O)COc1ccc([S+](c2ccccc2)c2ccccc2)cc1. The van der Waals surface area contributed by atoms with Crippen LogP contribution in [0.5, 0.6) is 5.75 Å². The normalized spacial score (nSPS) is 13.9. The predicted molar refractivity (Wildman–Crippen MR) is 137 cm³/mol. The monoisotopic (exact) mass is 471 g/mol. The fraction of sp³-hybridized carbons (Fsp3) is 0.300. The van der Waals surface area contributed by atoms with E-state index >= 15 is 0 Å². The first-order valence-electron chi connectivity index (χ1n) is 11.8. The lowest BCUT2D eigenvalue weighted by atomic mass is 10.1. The number of carbonyl (C=O) groups is 1. The molecule has 4 rings (SSSR count). The van der Waals surface area contributed by atoms with Crippen molar-refractivity contribution in [1.82, 2.24) is 0 Å². The van der Waals surface area contributed by atoms with Gasteiger partial charge in [-0.2, -0.15) is 0 Å². The van der Waals surface area contributed by atoms with Crippen LogP contribution >= 0.6 is 0 Å². The fourth-order valence-electron chi connectivity index (χ4n) is 4.02. The van der Waals surface area contributed by atoms with Crippen molar-refractivity contribution in [2.24, 2.45) is 5.92 Å². The molecule has 3 aromatic carbocycles. The maximum Gasteiger partial charge on any atom is 0.345 e. The Morgan fingerprint density at radius 2 is 1.38 bits per heavy atom. The molecular formula is C30H31O3S+. The quantitative estimate of drug-likeness (QED) is 0.219. The van der Waals surface area contributed by atoms with Crippen LogP contribution in [0.25, 0.3) is 0 Å². The maximum atomic E-state index is 12.4. The summed E-state index contributed by atoms with van der Waals surface area (Å²) >= 11 is 0. The van der Waals surface area contributed by atoms with Crippen molar-refractivity contribution in [3.63, 3.8) is 0 Å². The van der Waals surface area contributed by atoms with E-state index in [1.165, 1.54) is 27.5 Å². The zero-order valence-corrected chi connectivity index (χ0v) is 20.6. The van der Waals surface area contributed by atoms with E-state index in [4.69, 9.17) is 9.47 Å². The Balaban J connectivity index is 1.38. The Labute approximate surface area is 205 Å². The van der Waals surface area contributed by atoms with Gasteiger partial charge >= 0.3 is 5.97 Å². The standard InChI is InChI=1S/C30H31O3S/c1-30(2,22-21-24-11-9-10-12-24)33-29(31)23-32-25-17-19-28(20-18-25)34(26-13-5-3-6-14-26)27-15-7-4-8-16-27/h3-8,13-20,24H,9-12,23H2,1-2H3/q+1. The van der Waals surface area contributed by atoms with Crippen molar-refractivity contribution in [3.05, 3.63) is 84.9 Å². The van der Waals surface area contributed by atoms with E-state index in [1.807, 2.05) is 38.1 Å². The van der Waals surface area contributed by atoms with Gasteiger partial charge in [0.15, 0.2) is 26.9 Å². The van der Waals surface area contributed by atoms with Gasteiger partial charge in [0, 0.05) is 5.92 Å². The van der Waals surface area contributed by atoms with Gasteiger partial charge in [-0.3, -0.25) is 0 Å². The number of ether oxygens (including phenoxy) is 2. The zero-order chi connectivity index (χ0) is 23.8. The average molecular weight is 472 g/mol. The van der Waals surface area contributed by atoms with Gasteiger partial charge in [-0.25, -0.2) is 4.79 Å². The fourth-order valence-corrected chi connectivity index (χ4v) is 6.10. The van der Waals surface area contributed by atoms with Crippen LogP contribution in [0.3, 0.4) is 0 Å². The Morgan fingerprint density at radius 1 is 0.853 bits per heavy atom. The van der Waals surface area contributed by atoms with E-state index in [0.717, 1.165) is 12.8 Å². The van der Waals surface area contributed by atoms with Crippen molar-refractivity contribution >= 4 is 16.9 Å². The summed E-state index contributed by atoms with van der Waals surface area (Å²) in [5.74, 6) is 7.07. The summed E-state index contributed by atoms with van der Waals surface area (Å²) in [7, 11) is -0.215. The molecule has 0 radical (unpaired) electrons. The highest BCUT2D eigenvalue weighted by molar-refractivity contribution is 7.97. The lowest BCUT2D eigenvalue weighted by Crippen LogP contribution is -2.29. The van der Waals surface area contributed by atoms with Crippen molar-refractivity contribution in [2.45, 2.75) is 59.8 Å². The van der Waals surface area contributed by atoms with Gasteiger partial charge in [-0.15, -0.1) is 0 Å². The van der Waals surface area contributed by atoms with Gasteiger partial charge in [-0.05, 0) is 75.2 Å². The summed E-state index contributed by atoms with van der Waals surface area (Å²) in [6.45, 7) is 3.52. The highest BCUT2D eigenvalue weighted by atomic mass is 32.2. The van der Waals surface area contributed by atoms with Gasteiger partial charge in [0.1, 0.15) is 5.75 Å². The molecule has 1 saturated carbocycles. The molecule has 0 spiro atoms. The average Bonchev–Trinajstić information content (AvgIpc) is 3.38. The van der Waals surface area contributed by atoms with Gasteiger partial charge in [0.05, 0.1) is 10.9 Å². The molecule has 1 aliphatic carbocycles. The van der Waals surface area contributed by atoms with E-state index in [-0.39, 0.29) is 17.5 Å². The lowest BCUT2D eigenvalue weighted by molar-refractivity contribution is -0.154. The Morgan fingerprint density at radius 3 is 1.94 bits per heavy atom. The van der Waals surface area contributed by atoms with Crippen molar-refractivity contribution < 1.29 is 14.3 Å². The minimum Gasteiger partial charge on any atom is -0.482 e. The largest absolute Gasteiger partial charge is 0.482 e. The molecule has 34 heavy (non-hydrogen) atoms. The molecule has 0 heterocycles. The number of benzene rings is 3. The van der Waals surface area contributed by atoms with E-state index in [0.29, 0.717) is 11.7 Å². The molecule has 3 aromatic rings. The zero-order valence-electron chi connectivity index (χ0n) is 19.8. The predicted octanol–water partition coefficient (Wildman–Crippen LogP) is 6.68. The van der Waals surface area contributed by atoms with Crippen LogP contribution in [0.15, 0.2) is 99.6 Å². The molecule has 0 aromatic heterocycles. The van der Waals surface area contributed by atoms with Crippen molar-refractivity contribution in [2.75, 3.05) is 6.61 Å². The molecule has 3 nitrogen and oxygen atoms in total. The molecular weight excluding hydrogens is 440 g/mol. The molecule has 0 aliphatic heterocycles. The van der Waals surface area contributed by atoms with E-state index < -0.39 is 11.6 Å². The summed E-state index contributed by atoms with van der Waals surface area (Å²) in [6.07, 6.45) is 4.77. The Bertz CT molecular complexity index is 1080. The number of rotatable bonds is 7. The smallest absolute Gasteiger partial charge is 0.345 e. The lowest BCUT2D eigenvalue weighted by Gasteiger charge is -2.19. The van der Waals surface area contributed by atoms with E-state index in [1.54, 1.807) is 0 Å². The van der Waals surface area contributed by atoms with Crippen molar-refractivity contribution in [3.8, 4) is 17.6 Å². The van der Waals surface area contributed by atoms with Crippen LogP contribution in [-0.4, -0.2) is 18.2 Å². The second-order valence-corrected chi connectivity index (χ2v) is 11.0. The first-order valence-corrected chi connectivity index (χ1v) is 13.0. The summed E-state index contributed by atoms with van der Waals surface area (Å²) < 4.78 is 11.3. The topological polar surface area (TPSA) is 35.5 Å². The molecule has 0 amide bonds. The maximum absolute atomic E-state index is 12.4. The first kappa shape index (κ1) is 24.0. The first-order chi connectivity index (χ1) is 16.5. The summed E-state index contributed by atoms with van der Waals surface area (Å²) in [5, 5.41) is 0. The van der Waals surface area contributed by atoms with Gasteiger partial charge in [-0.1, -0.05) is 61.1 Å². The number of carbonyl (C=O) groups excluding carboxylic acids is 1. The third kappa shape index (κ3) is 6.68. The molecule has 0 bridgehead atoms. The summed E-state index contributed by atoms with van der Waals surface area (Å²) in [6, 6.07) is 29.0. The van der Waals surface area contributed by atoms with Crippen LogP contribution in [0.4, 0.5) is 0 Å². The number of hydrogen-bond acceptors (Lipinski definition) is 3. The molecule has 0 N–H and O–H groups in total. The Hall–Kier alpha value is -3.16. The van der Waals surface area contributed by atoms with Crippen molar-refractivity contribution in [1.29, 1.82) is 0 Å². The van der Waals surface area contributed by atoms with Crippen LogP contribution in [0.2, 0.25) is 0 Å². The third-order valence-corrected chi connectivity index (χ3v) is 7.91. The minimum absolute atomic E-state index is 0.142. The molecule has 0 atom stereocenters. The molecule has 1 fully saturated rings. The molecule has 4 heteroatoms. The van der Waals surface area contributed by atoms with E-state index in [2.05, 4.69) is 72.5 Å². The van der Waals surface area contributed by atoms with Gasteiger partial charge in [0.25, 0.3) is 0 Å². The number of hydrogen-bond donors (Lipinski definition) is 0. The highest BCUT2D eigenvalue weighted by Gasteiger charge is 2.28. The van der Waals surface area contributed by atoms with Crippen LogP contribution < -0.4 is 4.74 Å². The third-order valence-electron chi connectivity index (χ3n) is 5.68. The second-order valence-electron chi connectivity index (χ2n) is 8.93. The Kier molecular flexibility index (Phi) is 7.98. The minimum atomic E-state index is -0.813. The summed E-state index contributed by atoms with van der Waals surface area (Å²) in [4.78, 5) is 16.1. The van der Waals surface area contributed by atoms with Crippen LogP contribution in [0.1, 0.15) is 39.5 Å². The molecule has 174 valence electrons. The molecule has 1 aliphatic rings. The molecule has 0 unspecified atom stereocenters. The van der Waals surface area contributed by atoms with Gasteiger partial charge in [0.2, 0.25) is 0 Å².